The molecule has 2 N–H and O–H groups in total. The van der Waals surface area contributed by atoms with Crippen molar-refractivity contribution in [1.29, 1.82) is 0 Å². The highest BCUT2D eigenvalue weighted by molar-refractivity contribution is 6.30. The van der Waals surface area contributed by atoms with Crippen LogP contribution in [0.15, 0.2) is 41.3 Å². The van der Waals surface area contributed by atoms with Crippen molar-refractivity contribution in [1.82, 2.24) is 4.57 Å². The van der Waals surface area contributed by atoms with Gasteiger partial charge in [0.2, 0.25) is 0 Å². The van der Waals surface area contributed by atoms with Gasteiger partial charge in [-0.25, -0.2) is 4.39 Å². The summed E-state index contributed by atoms with van der Waals surface area (Å²) in [5.74, 6) is 0.813. The van der Waals surface area contributed by atoms with Crippen molar-refractivity contribution in [2.45, 2.75) is 40.3 Å². The van der Waals surface area contributed by atoms with Crippen LogP contribution in [0.2, 0.25) is 5.02 Å². The van der Waals surface area contributed by atoms with E-state index in [1.165, 1.54) is 19.4 Å². The summed E-state index contributed by atoms with van der Waals surface area (Å²) in [7, 11) is 1.50. The Morgan fingerprint density at radius 1 is 1.13 bits per heavy atom. The number of nitrogens with zero attached hydrogens (tertiary/aromatic N) is 1. The van der Waals surface area contributed by atoms with Gasteiger partial charge in [-0.1, -0.05) is 44.5 Å². The maximum Gasteiger partial charge on any atom is 0.194 e. The molecule has 0 amide bonds. The lowest BCUT2D eigenvalue weighted by atomic mass is 10.00. The van der Waals surface area contributed by atoms with Gasteiger partial charge in [-0.05, 0) is 29.2 Å². The minimum Gasteiger partial charge on any atom is -0.496 e. The van der Waals surface area contributed by atoms with Crippen LogP contribution in [0.1, 0.15) is 37.5 Å². The zero-order valence-electron chi connectivity index (χ0n) is 18.3. The van der Waals surface area contributed by atoms with Gasteiger partial charge >= 0.3 is 0 Å². The normalized spacial score (nSPS) is 10.9. The Morgan fingerprint density at radius 2 is 1.81 bits per heavy atom. The molecule has 0 aliphatic rings. The Labute approximate surface area is 186 Å². The molecule has 0 saturated heterocycles. The van der Waals surface area contributed by atoms with Gasteiger partial charge in [0.05, 0.1) is 30.9 Å². The molecule has 5 nitrogen and oxygen atoms in total. The maximum absolute atomic E-state index is 14.3. The second kappa shape index (κ2) is 11.3. The van der Waals surface area contributed by atoms with Gasteiger partial charge in [-0.2, -0.15) is 0 Å². The minimum atomic E-state index is -0.511. The summed E-state index contributed by atoms with van der Waals surface area (Å²) in [4.78, 5) is 12.7. The van der Waals surface area contributed by atoms with Crippen molar-refractivity contribution in [2.75, 3.05) is 13.7 Å². The van der Waals surface area contributed by atoms with Gasteiger partial charge in [0.25, 0.3) is 0 Å². The second-order valence-electron chi connectivity index (χ2n) is 7.86. The number of pyridine rings is 1. The van der Waals surface area contributed by atoms with Crippen molar-refractivity contribution < 1.29 is 19.3 Å². The topological polar surface area (TPSA) is 71.7 Å². The number of methoxy groups -OCH3 is 1. The number of rotatable bonds is 6. The van der Waals surface area contributed by atoms with E-state index in [4.69, 9.17) is 16.3 Å². The van der Waals surface area contributed by atoms with Crippen molar-refractivity contribution in [3.05, 3.63) is 74.3 Å². The van der Waals surface area contributed by atoms with Crippen LogP contribution in [0.4, 0.5) is 4.39 Å². The number of benzene rings is 2. The number of hydrogen-bond acceptors (Lipinski definition) is 4. The minimum absolute atomic E-state index is 0.0279. The third kappa shape index (κ3) is 6.06. The van der Waals surface area contributed by atoms with E-state index in [1.54, 1.807) is 28.8 Å². The fraction of sp³-hybridized carbons (Fsp3) is 0.375. The number of fused-ring (bicyclic) bond motifs is 1. The lowest BCUT2D eigenvalue weighted by Gasteiger charge is -2.16. The van der Waals surface area contributed by atoms with Gasteiger partial charge in [0, 0.05) is 36.2 Å². The van der Waals surface area contributed by atoms with Crippen LogP contribution in [-0.4, -0.2) is 28.5 Å². The van der Waals surface area contributed by atoms with E-state index in [1.807, 2.05) is 0 Å². The van der Waals surface area contributed by atoms with Crippen LogP contribution >= 0.6 is 11.6 Å². The van der Waals surface area contributed by atoms with Crippen LogP contribution in [0.25, 0.3) is 10.9 Å². The first-order valence-electron chi connectivity index (χ1n) is 10.1. The number of ether oxygens (including phenoxy) is 1. The Bertz CT molecular complexity index is 1090. The van der Waals surface area contributed by atoms with E-state index in [9.17, 15) is 19.4 Å². The van der Waals surface area contributed by atoms with E-state index in [0.717, 1.165) is 5.92 Å². The molecule has 0 aliphatic carbocycles. The van der Waals surface area contributed by atoms with Crippen LogP contribution < -0.4 is 10.2 Å². The van der Waals surface area contributed by atoms with Crippen molar-refractivity contribution in [3.8, 4) is 5.75 Å². The summed E-state index contributed by atoms with van der Waals surface area (Å²) < 4.78 is 21.4. The smallest absolute Gasteiger partial charge is 0.194 e. The van der Waals surface area contributed by atoms with Gasteiger partial charge in [0.15, 0.2) is 5.43 Å². The van der Waals surface area contributed by atoms with Crippen LogP contribution in [0, 0.1) is 11.7 Å². The third-order valence-electron chi connectivity index (χ3n) is 4.48. The third-order valence-corrected chi connectivity index (χ3v) is 4.77. The summed E-state index contributed by atoms with van der Waals surface area (Å²) in [6.45, 7) is 6.22. The molecule has 0 spiro atoms. The van der Waals surface area contributed by atoms with E-state index >= 15 is 0 Å². The maximum atomic E-state index is 14.3. The molecule has 2 aromatic carbocycles. The SMILES string of the molecule is CC(C)C.COc1cc2c(cc1Cc1cccc(Cl)c1F)c(=O)c(CO)cn2CCO. The van der Waals surface area contributed by atoms with Crippen molar-refractivity contribution >= 4 is 22.5 Å². The Kier molecular flexibility index (Phi) is 9.04. The first kappa shape index (κ1) is 24.9. The van der Waals surface area contributed by atoms with Crippen molar-refractivity contribution in [3.63, 3.8) is 0 Å². The van der Waals surface area contributed by atoms with Crippen LogP contribution in [0.5, 0.6) is 5.75 Å². The quantitative estimate of drug-likeness (QED) is 0.579. The molecule has 3 rings (SSSR count). The molecule has 1 heterocycles. The number of aliphatic hydroxyl groups is 2. The molecule has 0 radical (unpaired) electrons. The number of aliphatic hydroxyl groups excluding tert-OH is 2. The fourth-order valence-electron chi connectivity index (χ4n) is 3.15. The highest BCUT2D eigenvalue weighted by Crippen LogP contribution is 2.29. The summed E-state index contributed by atoms with van der Waals surface area (Å²) in [6.07, 6.45) is 1.71. The largest absolute Gasteiger partial charge is 0.496 e. The molecule has 0 bridgehead atoms. The molecule has 1 aromatic heterocycles. The van der Waals surface area contributed by atoms with E-state index < -0.39 is 12.4 Å². The number of aromatic nitrogens is 1. The Hall–Kier alpha value is -2.41. The second-order valence-corrected chi connectivity index (χ2v) is 8.27. The molecule has 168 valence electrons. The first-order chi connectivity index (χ1) is 14.7. The molecule has 0 saturated carbocycles. The predicted octanol–water partition coefficient (Wildman–Crippen LogP) is 4.54. The lowest BCUT2D eigenvalue weighted by molar-refractivity contribution is 0.271. The Morgan fingerprint density at radius 3 is 2.39 bits per heavy atom. The molecule has 0 fully saturated rings. The highest BCUT2D eigenvalue weighted by Gasteiger charge is 2.15. The molecular weight excluding hydrogens is 421 g/mol. The molecule has 0 aliphatic heterocycles. The molecular formula is C24H29ClFNO4. The lowest BCUT2D eigenvalue weighted by Crippen LogP contribution is -2.16. The molecule has 0 atom stereocenters. The summed E-state index contributed by atoms with van der Waals surface area (Å²) in [5, 5.41) is 19.2. The van der Waals surface area contributed by atoms with Gasteiger partial charge < -0.3 is 19.5 Å². The number of halogens is 2. The van der Waals surface area contributed by atoms with Crippen molar-refractivity contribution in [2.24, 2.45) is 5.92 Å². The van der Waals surface area contributed by atoms with Gasteiger partial charge in [-0.3, -0.25) is 4.79 Å². The molecule has 3 aromatic rings. The van der Waals surface area contributed by atoms with Gasteiger partial charge in [-0.15, -0.1) is 0 Å². The Balaban J connectivity index is 0.000000785. The zero-order chi connectivity index (χ0) is 23.1. The molecule has 31 heavy (non-hydrogen) atoms. The van der Waals surface area contributed by atoms with E-state index in [-0.39, 0.29) is 35.6 Å². The standard InChI is InChI=1S/C20H19ClFNO4.C4H10/c1-27-18-9-17-15(20(26)14(11-25)10-23(17)5-6-24)8-13(18)7-12-3-2-4-16(21)19(12)22;1-4(2)3/h2-4,8-10,24-25H,5-7,11H2,1H3;4H,1-3H3. The average Bonchev–Trinajstić information content (AvgIpc) is 2.73. The molecule has 7 heteroatoms. The first-order valence-corrected chi connectivity index (χ1v) is 10.5. The summed E-state index contributed by atoms with van der Waals surface area (Å²) >= 11 is 5.86. The van der Waals surface area contributed by atoms with E-state index in [2.05, 4.69) is 20.8 Å². The van der Waals surface area contributed by atoms with Gasteiger partial charge in [0.1, 0.15) is 11.6 Å². The molecule has 0 unspecified atom stereocenters. The van der Waals surface area contributed by atoms with Crippen LogP contribution in [-0.2, 0) is 19.6 Å². The highest BCUT2D eigenvalue weighted by atomic mass is 35.5. The van der Waals surface area contributed by atoms with E-state index in [0.29, 0.717) is 27.8 Å². The monoisotopic (exact) mass is 449 g/mol. The predicted molar refractivity (Wildman–Crippen MR) is 122 cm³/mol. The van der Waals surface area contributed by atoms with Crippen LogP contribution in [0.3, 0.4) is 0 Å². The number of hydrogen-bond donors (Lipinski definition) is 2. The zero-order valence-corrected chi connectivity index (χ0v) is 19.0. The summed E-state index contributed by atoms with van der Waals surface area (Å²) in [6, 6.07) is 8.08. The fourth-order valence-corrected chi connectivity index (χ4v) is 3.34. The average molecular weight is 450 g/mol. The summed E-state index contributed by atoms with van der Waals surface area (Å²) in [5.41, 5.74) is 1.49.